The van der Waals surface area contributed by atoms with Crippen molar-refractivity contribution in [3.05, 3.63) is 35.9 Å². The van der Waals surface area contributed by atoms with Crippen LogP contribution in [0.4, 0.5) is 0 Å². The first-order valence-corrected chi connectivity index (χ1v) is 7.90. The molecule has 0 heterocycles. The monoisotopic (exact) mass is 380 g/mol. The summed E-state index contributed by atoms with van der Waals surface area (Å²) < 4.78 is 9.47. The Kier molecular flexibility index (Phi) is 7.49. The highest BCUT2D eigenvalue weighted by molar-refractivity contribution is 9.09. The Morgan fingerprint density at radius 3 is 2.09 bits per heavy atom. The molecule has 0 unspecified atom stereocenters. The van der Waals surface area contributed by atoms with Crippen LogP contribution < -0.4 is 0 Å². The average molecular weight is 381 g/mol. The van der Waals surface area contributed by atoms with Crippen molar-refractivity contribution in [3.8, 4) is 11.8 Å². The molecular formula is C17H17BrO5. The van der Waals surface area contributed by atoms with Gasteiger partial charge < -0.3 is 9.47 Å². The van der Waals surface area contributed by atoms with Gasteiger partial charge in [-0.3, -0.25) is 14.4 Å². The molecule has 0 aromatic heterocycles. The highest BCUT2D eigenvalue weighted by atomic mass is 79.9. The lowest BCUT2D eigenvalue weighted by molar-refractivity contribution is -0.168. The van der Waals surface area contributed by atoms with Crippen LogP contribution in [0.15, 0.2) is 30.3 Å². The highest BCUT2D eigenvalue weighted by Gasteiger charge is 2.49. The number of rotatable bonds is 6. The number of esters is 2. The summed E-state index contributed by atoms with van der Waals surface area (Å²) in [5, 5.41) is 0.387. The molecule has 0 atom stereocenters. The molecule has 0 N–H and O–H groups in total. The quantitative estimate of drug-likeness (QED) is 0.249. The fourth-order valence-corrected chi connectivity index (χ4v) is 2.28. The minimum absolute atomic E-state index is 0.156. The smallest absolute Gasteiger partial charge is 0.324 e. The first-order chi connectivity index (χ1) is 11.0. The van der Waals surface area contributed by atoms with Crippen molar-refractivity contribution in [1.29, 1.82) is 0 Å². The number of hydrogen-bond acceptors (Lipinski definition) is 5. The van der Waals surface area contributed by atoms with Crippen LogP contribution in [0.3, 0.4) is 0 Å². The van der Waals surface area contributed by atoms with E-state index in [0.717, 1.165) is 14.2 Å². The van der Waals surface area contributed by atoms with Crippen molar-refractivity contribution < 1.29 is 23.9 Å². The summed E-state index contributed by atoms with van der Waals surface area (Å²) in [7, 11) is 2.32. The van der Waals surface area contributed by atoms with E-state index in [9.17, 15) is 14.4 Å². The lowest BCUT2D eigenvalue weighted by atomic mass is 9.78. The van der Waals surface area contributed by atoms with E-state index < -0.39 is 17.4 Å². The maximum Gasteiger partial charge on any atom is 0.324 e. The summed E-state index contributed by atoms with van der Waals surface area (Å²) in [6, 6.07) is 8.41. The Bertz CT molecular complexity index is 611. The average Bonchev–Trinajstić information content (AvgIpc) is 2.60. The summed E-state index contributed by atoms with van der Waals surface area (Å²) >= 11 is 3.14. The number of ketones is 1. The Morgan fingerprint density at radius 1 is 1.04 bits per heavy atom. The van der Waals surface area contributed by atoms with Crippen LogP contribution in [0.1, 0.15) is 23.2 Å². The van der Waals surface area contributed by atoms with Gasteiger partial charge in [0.1, 0.15) is 0 Å². The first kappa shape index (κ1) is 18.9. The van der Waals surface area contributed by atoms with E-state index in [1.54, 1.807) is 30.3 Å². The Morgan fingerprint density at radius 2 is 1.61 bits per heavy atom. The topological polar surface area (TPSA) is 69.7 Å². The molecule has 0 amide bonds. The van der Waals surface area contributed by atoms with Crippen molar-refractivity contribution in [2.24, 2.45) is 5.41 Å². The van der Waals surface area contributed by atoms with Crippen LogP contribution >= 0.6 is 15.9 Å². The van der Waals surface area contributed by atoms with E-state index in [1.807, 2.05) is 0 Å². The molecule has 0 fully saturated rings. The predicted molar refractivity (Wildman–Crippen MR) is 88.0 cm³/mol. The molecule has 0 radical (unpaired) electrons. The molecule has 1 aromatic carbocycles. The number of carbonyl (C=O) groups is 3. The molecule has 122 valence electrons. The maximum absolute atomic E-state index is 12.5. The van der Waals surface area contributed by atoms with Crippen molar-refractivity contribution in [2.75, 3.05) is 19.5 Å². The Hall–Kier alpha value is -2.13. The standard InChI is InChI=1S/C17H17BrO5/c1-22-15(20)17(16(21)23-2,10-6-7-11-18)12-14(19)13-8-4-3-5-9-13/h3-5,8-9H,10-12H2,1-2H3. The van der Waals surface area contributed by atoms with Gasteiger partial charge in [0.2, 0.25) is 0 Å². The number of Topliss-reactive ketones (excluding diaryl/α,β-unsaturated/α-hetero) is 1. The third-order valence-corrected chi connectivity index (χ3v) is 3.57. The molecule has 0 saturated heterocycles. The molecule has 0 spiro atoms. The van der Waals surface area contributed by atoms with Crippen LogP contribution in [-0.2, 0) is 19.1 Å². The van der Waals surface area contributed by atoms with E-state index in [0.29, 0.717) is 10.9 Å². The number of carbonyl (C=O) groups excluding carboxylic acids is 3. The third kappa shape index (κ3) is 4.67. The number of benzene rings is 1. The van der Waals surface area contributed by atoms with E-state index in [2.05, 4.69) is 27.8 Å². The number of hydrogen-bond donors (Lipinski definition) is 0. The molecule has 0 aliphatic heterocycles. The van der Waals surface area contributed by atoms with Gasteiger partial charge in [-0.15, -0.1) is 5.92 Å². The second kappa shape index (κ2) is 9.11. The molecule has 5 nitrogen and oxygen atoms in total. The zero-order valence-corrected chi connectivity index (χ0v) is 14.5. The number of ether oxygens (including phenoxy) is 2. The first-order valence-electron chi connectivity index (χ1n) is 6.78. The molecule has 23 heavy (non-hydrogen) atoms. The summed E-state index contributed by atoms with van der Waals surface area (Å²) in [6.07, 6.45) is -0.524. The Balaban J connectivity index is 3.22. The van der Waals surface area contributed by atoms with Crippen molar-refractivity contribution >= 4 is 33.7 Å². The van der Waals surface area contributed by atoms with Crippen LogP contribution in [-0.4, -0.2) is 37.3 Å². The van der Waals surface area contributed by atoms with Crippen LogP contribution in [0.5, 0.6) is 0 Å². The van der Waals surface area contributed by atoms with Gasteiger partial charge in [0.05, 0.1) is 19.5 Å². The lowest BCUT2D eigenvalue weighted by Gasteiger charge is -2.25. The molecule has 0 aliphatic carbocycles. The van der Waals surface area contributed by atoms with E-state index in [4.69, 9.17) is 9.47 Å². The van der Waals surface area contributed by atoms with Crippen LogP contribution in [0.25, 0.3) is 0 Å². The maximum atomic E-state index is 12.5. The number of methoxy groups -OCH3 is 2. The molecule has 0 bridgehead atoms. The number of alkyl halides is 1. The predicted octanol–water partition coefficient (Wildman–Crippen LogP) is 2.38. The summed E-state index contributed by atoms with van der Waals surface area (Å²) in [4.78, 5) is 36.9. The number of halogens is 1. The normalized spacial score (nSPS) is 10.2. The van der Waals surface area contributed by atoms with Crippen molar-refractivity contribution in [3.63, 3.8) is 0 Å². The van der Waals surface area contributed by atoms with Gasteiger partial charge in [0.25, 0.3) is 0 Å². The van der Waals surface area contributed by atoms with Gasteiger partial charge in [-0.1, -0.05) is 52.2 Å². The molecule has 0 saturated carbocycles. The van der Waals surface area contributed by atoms with Crippen LogP contribution in [0.2, 0.25) is 0 Å². The SMILES string of the molecule is COC(=O)C(CC#CCBr)(CC(=O)c1ccccc1)C(=O)OC. The van der Waals surface area contributed by atoms with Crippen LogP contribution in [0, 0.1) is 17.3 Å². The molecule has 1 aromatic rings. The summed E-state index contributed by atoms with van der Waals surface area (Å²) in [6.45, 7) is 0. The fraction of sp³-hybridized carbons (Fsp3) is 0.353. The summed E-state index contributed by atoms with van der Waals surface area (Å²) in [5.74, 6) is 3.40. The van der Waals surface area contributed by atoms with Gasteiger partial charge in [-0.05, 0) is 0 Å². The fourth-order valence-electron chi connectivity index (χ4n) is 2.09. The molecule has 6 heteroatoms. The zero-order valence-electron chi connectivity index (χ0n) is 12.9. The third-order valence-electron chi connectivity index (χ3n) is 3.29. The van der Waals surface area contributed by atoms with Gasteiger partial charge in [0, 0.05) is 18.4 Å². The van der Waals surface area contributed by atoms with Gasteiger partial charge >= 0.3 is 11.9 Å². The van der Waals surface area contributed by atoms with Crippen molar-refractivity contribution in [1.82, 2.24) is 0 Å². The van der Waals surface area contributed by atoms with E-state index in [-0.39, 0.29) is 18.6 Å². The largest absolute Gasteiger partial charge is 0.468 e. The molecule has 1 rings (SSSR count). The second-order valence-corrected chi connectivity index (χ2v) is 5.26. The van der Waals surface area contributed by atoms with E-state index in [1.165, 1.54) is 0 Å². The zero-order chi connectivity index (χ0) is 17.3. The minimum atomic E-state index is -1.77. The van der Waals surface area contributed by atoms with Gasteiger partial charge in [-0.2, -0.15) is 0 Å². The van der Waals surface area contributed by atoms with Gasteiger partial charge in [-0.25, -0.2) is 0 Å². The second-order valence-electron chi connectivity index (χ2n) is 4.70. The molecule has 0 aliphatic rings. The highest BCUT2D eigenvalue weighted by Crippen LogP contribution is 2.31. The van der Waals surface area contributed by atoms with Crippen molar-refractivity contribution in [2.45, 2.75) is 12.8 Å². The summed E-state index contributed by atoms with van der Waals surface area (Å²) in [5.41, 5.74) is -1.37. The molecular weight excluding hydrogens is 364 g/mol. The minimum Gasteiger partial charge on any atom is -0.468 e. The van der Waals surface area contributed by atoms with E-state index >= 15 is 0 Å². The Labute approximate surface area is 143 Å². The van der Waals surface area contributed by atoms with Gasteiger partial charge in [0.15, 0.2) is 11.2 Å². The lowest BCUT2D eigenvalue weighted by Crippen LogP contribution is -2.43.